The standard InChI is InChI=1S/C13H24N2O3/c1-4-5-7-11(13(17)18-3)15-9-6-8-14(2)12(16)10-15/h11H,4-10H2,1-3H3. The number of methoxy groups -OCH3 is 1. The zero-order chi connectivity index (χ0) is 13.5. The van der Waals surface area contributed by atoms with E-state index >= 15 is 0 Å². The van der Waals surface area contributed by atoms with Crippen LogP contribution < -0.4 is 0 Å². The van der Waals surface area contributed by atoms with E-state index in [1.807, 2.05) is 11.9 Å². The molecule has 0 radical (unpaired) electrons. The van der Waals surface area contributed by atoms with Crippen LogP contribution in [-0.4, -0.2) is 61.5 Å². The molecule has 0 bridgehead atoms. The summed E-state index contributed by atoms with van der Waals surface area (Å²) in [5.74, 6) is -0.140. The fourth-order valence-corrected chi connectivity index (χ4v) is 2.26. The van der Waals surface area contributed by atoms with Crippen LogP contribution in [0.3, 0.4) is 0 Å². The van der Waals surface area contributed by atoms with E-state index in [2.05, 4.69) is 6.92 Å². The number of nitrogens with zero attached hydrogens (tertiary/aromatic N) is 2. The Balaban J connectivity index is 2.70. The van der Waals surface area contributed by atoms with Gasteiger partial charge in [-0.05, 0) is 12.8 Å². The van der Waals surface area contributed by atoms with Gasteiger partial charge in [-0.15, -0.1) is 0 Å². The Hall–Kier alpha value is -1.10. The molecule has 5 nitrogen and oxygen atoms in total. The molecule has 5 heteroatoms. The van der Waals surface area contributed by atoms with Crippen molar-refractivity contribution in [2.75, 3.05) is 33.8 Å². The van der Waals surface area contributed by atoms with Gasteiger partial charge in [0.25, 0.3) is 0 Å². The van der Waals surface area contributed by atoms with Gasteiger partial charge < -0.3 is 9.64 Å². The van der Waals surface area contributed by atoms with Crippen molar-refractivity contribution in [1.29, 1.82) is 0 Å². The average molecular weight is 256 g/mol. The predicted octanol–water partition coefficient (Wildman–Crippen LogP) is 0.882. The fraction of sp³-hybridized carbons (Fsp3) is 0.846. The number of unbranched alkanes of at least 4 members (excludes halogenated alkanes) is 1. The van der Waals surface area contributed by atoms with Crippen molar-refractivity contribution < 1.29 is 14.3 Å². The molecule has 1 unspecified atom stereocenters. The summed E-state index contributed by atoms with van der Waals surface area (Å²) in [5.41, 5.74) is 0. The Morgan fingerprint density at radius 1 is 1.44 bits per heavy atom. The van der Waals surface area contributed by atoms with Crippen LogP contribution in [-0.2, 0) is 14.3 Å². The van der Waals surface area contributed by atoms with Gasteiger partial charge in [-0.1, -0.05) is 19.8 Å². The maximum atomic E-state index is 11.8. The molecule has 0 aliphatic carbocycles. The molecule has 1 rings (SSSR count). The molecule has 1 aliphatic heterocycles. The van der Waals surface area contributed by atoms with Crippen LogP contribution in [0.4, 0.5) is 0 Å². The molecule has 1 fully saturated rings. The van der Waals surface area contributed by atoms with Crippen LogP contribution in [0.1, 0.15) is 32.6 Å². The highest BCUT2D eigenvalue weighted by Crippen LogP contribution is 2.14. The summed E-state index contributed by atoms with van der Waals surface area (Å²) in [4.78, 5) is 27.4. The Labute approximate surface area is 109 Å². The summed E-state index contributed by atoms with van der Waals surface area (Å²) < 4.78 is 4.86. The highest BCUT2D eigenvalue weighted by molar-refractivity contribution is 5.80. The Bertz CT molecular complexity index is 294. The molecule has 1 aliphatic rings. The first-order valence-electron chi connectivity index (χ1n) is 6.66. The van der Waals surface area contributed by atoms with Crippen molar-refractivity contribution in [3.8, 4) is 0 Å². The molecule has 0 aromatic carbocycles. The van der Waals surface area contributed by atoms with E-state index in [0.717, 1.165) is 38.8 Å². The number of esters is 1. The van der Waals surface area contributed by atoms with Crippen molar-refractivity contribution in [2.45, 2.75) is 38.6 Å². The quantitative estimate of drug-likeness (QED) is 0.685. The Morgan fingerprint density at radius 3 is 2.78 bits per heavy atom. The summed E-state index contributed by atoms with van der Waals surface area (Å²) in [6.45, 7) is 3.95. The van der Waals surface area contributed by atoms with Crippen LogP contribution >= 0.6 is 0 Å². The lowest BCUT2D eigenvalue weighted by molar-refractivity contribution is -0.148. The van der Waals surface area contributed by atoms with Crippen molar-refractivity contribution >= 4 is 11.9 Å². The predicted molar refractivity (Wildman–Crippen MR) is 69.2 cm³/mol. The Kier molecular flexibility index (Phi) is 6.12. The highest BCUT2D eigenvalue weighted by atomic mass is 16.5. The minimum absolute atomic E-state index is 0.0814. The maximum Gasteiger partial charge on any atom is 0.323 e. The monoisotopic (exact) mass is 256 g/mol. The molecule has 1 amide bonds. The molecule has 1 heterocycles. The first-order chi connectivity index (χ1) is 8.60. The number of carbonyl (C=O) groups excluding carboxylic acids is 2. The van der Waals surface area contributed by atoms with Crippen LogP contribution in [0, 0.1) is 0 Å². The van der Waals surface area contributed by atoms with E-state index in [-0.39, 0.29) is 17.9 Å². The number of rotatable bonds is 5. The summed E-state index contributed by atoms with van der Waals surface area (Å²) in [6.07, 6.45) is 3.68. The zero-order valence-electron chi connectivity index (χ0n) is 11.6. The smallest absolute Gasteiger partial charge is 0.323 e. The van der Waals surface area contributed by atoms with Gasteiger partial charge in [-0.3, -0.25) is 14.5 Å². The summed E-state index contributed by atoms with van der Waals surface area (Å²) in [7, 11) is 3.22. The molecular formula is C13H24N2O3. The van der Waals surface area contributed by atoms with Crippen LogP contribution in [0.25, 0.3) is 0 Å². The normalized spacial score (nSPS) is 19.5. The lowest BCUT2D eigenvalue weighted by Gasteiger charge is -2.27. The molecule has 0 spiro atoms. The van der Waals surface area contributed by atoms with Gasteiger partial charge in [0.05, 0.1) is 13.7 Å². The van der Waals surface area contributed by atoms with Gasteiger partial charge in [0.2, 0.25) is 5.91 Å². The van der Waals surface area contributed by atoms with Gasteiger partial charge >= 0.3 is 5.97 Å². The molecule has 0 N–H and O–H groups in total. The van der Waals surface area contributed by atoms with Gasteiger partial charge in [-0.2, -0.15) is 0 Å². The Morgan fingerprint density at radius 2 is 2.17 bits per heavy atom. The molecular weight excluding hydrogens is 232 g/mol. The van der Waals surface area contributed by atoms with E-state index in [0.29, 0.717) is 6.54 Å². The summed E-state index contributed by atoms with van der Waals surface area (Å²) in [6, 6.07) is -0.273. The van der Waals surface area contributed by atoms with Crippen molar-refractivity contribution in [3.63, 3.8) is 0 Å². The number of hydrogen-bond acceptors (Lipinski definition) is 4. The number of hydrogen-bond donors (Lipinski definition) is 0. The zero-order valence-corrected chi connectivity index (χ0v) is 11.6. The van der Waals surface area contributed by atoms with Crippen LogP contribution in [0.2, 0.25) is 0 Å². The second kappa shape index (κ2) is 7.36. The van der Waals surface area contributed by atoms with Gasteiger partial charge in [-0.25, -0.2) is 0 Å². The van der Waals surface area contributed by atoms with E-state index in [4.69, 9.17) is 4.74 Å². The SMILES string of the molecule is CCCCC(C(=O)OC)N1CCCN(C)C(=O)C1. The lowest BCUT2D eigenvalue weighted by atomic mass is 10.1. The molecule has 0 aromatic rings. The number of amides is 1. The van der Waals surface area contributed by atoms with Crippen LogP contribution in [0.5, 0.6) is 0 Å². The second-order valence-corrected chi connectivity index (χ2v) is 4.82. The molecule has 1 saturated heterocycles. The summed E-state index contributed by atoms with van der Waals surface area (Å²) in [5, 5.41) is 0. The van der Waals surface area contributed by atoms with Gasteiger partial charge in [0.1, 0.15) is 6.04 Å². The molecule has 104 valence electrons. The third-order valence-corrected chi connectivity index (χ3v) is 3.45. The third kappa shape index (κ3) is 3.98. The number of likely N-dealkylation sites (N-methyl/N-ethyl adjacent to an activating group) is 1. The molecule has 18 heavy (non-hydrogen) atoms. The fourth-order valence-electron chi connectivity index (χ4n) is 2.26. The molecule has 1 atom stereocenters. The van der Waals surface area contributed by atoms with E-state index < -0.39 is 0 Å². The average Bonchev–Trinajstić information content (AvgIpc) is 2.52. The number of carbonyl (C=O) groups is 2. The number of ether oxygens (including phenoxy) is 1. The first-order valence-corrected chi connectivity index (χ1v) is 6.66. The van der Waals surface area contributed by atoms with Gasteiger partial charge in [0, 0.05) is 20.1 Å². The maximum absolute atomic E-state index is 11.8. The van der Waals surface area contributed by atoms with Crippen molar-refractivity contribution in [1.82, 2.24) is 9.80 Å². The van der Waals surface area contributed by atoms with E-state index in [1.165, 1.54) is 7.11 Å². The van der Waals surface area contributed by atoms with Gasteiger partial charge in [0.15, 0.2) is 0 Å². The van der Waals surface area contributed by atoms with Crippen molar-refractivity contribution in [3.05, 3.63) is 0 Å². The third-order valence-electron chi connectivity index (χ3n) is 3.45. The first kappa shape index (κ1) is 15.0. The van der Waals surface area contributed by atoms with E-state index in [9.17, 15) is 9.59 Å². The van der Waals surface area contributed by atoms with E-state index in [1.54, 1.807) is 4.90 Å². The lowest BCUT2D eigenvalue weighted by Crippen LogP contribution is -2.45. The second-order valence-electron chi connectivity index (χ2n) is 4.82. The highest BCUT2D eigenvalue weighted by Gasteiger charge is 2.30. The minimum atomic E-state index is -0.273. The van der Waals surface area contributed by atoms with Crippen molar-refractivity contribution in [2.24, 2.45) is 0 Å². The largest absolute Gasteiger partial charge is 0.468 e. The molecule has 0 aromatic heterocycles. The summed E-state index contributed by atoms with van der Waals surface area (Å²) >= 11 is 0. The minimum Gasteiger partial charge on any atom is -0.468 e. The van der Waals surface area contributed by atoms with Crippen LogP contribution in [0.15, 0.2) is 0 Å². The molecule has 0 saturated carbocycles. The topological polar surface area (TPSA) is 49.9 Å².